The van der Waals surface area contributed by atoms with Gasteiger partial charge in [-0.2, -0.15) is 0 Å². The summed E-state index contributed by atoms with van der Waals surface area (Å²) in [6.45, 7) is 2.74. The maximum Gasteiger partial charge on any atom is 0.0509 e. The summed E-state index contributed by atoms with van der Waals surface area (Å²) in [7, 11) is 0. The lowest BCUT2D eigenvalue weighted by Crippen LogP contribution is -2.27. The number of halogens is 1. The first kappa shape index (κ1) is 8.31. The summed E-state index contributed by atoms with van der Waals surface area (Å²) >= 11 is 0. The minimum atomic E-state index is 0. The molecular weight excluding hydrogens is 150 g/mol. The first-order chi connectivity index (χ1) is 4.42. The molecule has 2 fully saturated rings. The van der Waals surface area contributed by atoms with Crippen molar-refractivity contribution < 1.29 is 4.74 Å². The second-order valence-electron chi connectivity index (χ2n) is 3.19. The van der Waals surface area contributed by atoms with E-state index in [2.05, 4.69) is 0 Å². The van der Waals surface area contributed by atoms with Crippen LogP contribution in [0.5, 0.6) is 0 Å². The van der Waals surface area contributed by atoms with E-state index in [4.69, 9.17) is 10.5 Å². The van der Waals surface area contributed by atoms with Gasteiger partial charge in [0.15, 0.2) is 0 Å². The largest absolute Gasteiger partial charge is 0.381 e. The molecular formula is C7H14ClNO. The molecule has 2 nitrogen and oxygen atoms in total. The zero-order valence-corrected chi connectivity index (χ0v) is 6.77. The van der Waals surface area contributed by atoms with Gasteiger partial charge in [0.2, 0.25) is 0 Å². The van der Waals surface area contributed by atoms with Gasteiger partial charge in [-0.3, -0.25) is 0 Å². The summed E-state index contributed by atoms with van der Waals surface area (Å²) in [5.41, 5.74) is 5.54. The highest BCUT2D eigenvalue weighted by Crippen LogP contribution is 2.46. The van der Waals surface area contributed by atoms with E-state index < -0.39 is 0 Å². The van der Waals surface area contributed by atoms with Gasteiger partial charge in [-0.25, -0.2) is 0 Å². The second-order valence-corrected chi connectivity index (χ2v) is 3.19. The third-order valence-electron chi connectivity index (χ3n) is 2.55. The molecule has 2 aliphatic rings. The maximum atomic E-state index is 5.54. The molecule has 3 heteroatoms. The van der Waals surface area contributed by atoms with Crippen molar-refractivity contribution in [2.45, 2.75) is 6.42 Å². The Morgan fingerprint density at radius 1 is 1.40 bits per heavy atom. The van der Waals surface area contributed by atoms with Gasteiger partial charge in [-0.1, -0.05) is 0 Å². The zero-order chi connectivity index (χ0) is 6.27. The maximum absolute atomic E-state index is 5.54. The molecule has 1 saturated heterocycles. The zero-order valence-electron chi connectivity index (χ0n) is 5.95. The molecule has 0 aromatic carbocycles. The summed E-state index contributed by atoms with van der Waals surface area (Å²) in [4.78, 5) is 0. The average Bonchev–Trinajstić information content (AvgIpc) is 2.64. The quantitative estimate of drug-likeness (QED) is 0.616. The Bertz CT molecular complexity index is 120. The van der Waals surface area contributed by atoms with Crippen LogP contribution in [0.3, 0.4) is 0 Å². The molecule has 0 spiro atoms. The molecule has 0 amide bonds. The molecule has 1 aliphatic heterocycles. The van der Waals surface area contributed by atoms with Crippen LogP contribution in [-0.4, -0.2) is 19.8 Å². The third kappa shape index (κ3) is 1.29. The molecule has 0 aromatic heterocycles. The molecule has 0 bridgehead atoms. The summed E-state index contributed by atoms with van der Waals surface area (Å²) in [5, 5.41) is 0. The van der Waals surface area contributed by atoms with Gasteiger partial charge in [0.25, 0.3) is 0 Å². The van der Waals surface area contributed by atoms with Crippen molar-refractivity contribution >= 4 is 12.4 Å². The Morgan fingerprint density at radius 3 is 2.80 bits per heavy atom. The minimum absolute atomic E-state index is 0. The number of ether oxygens (including phenoxy) is 1. The Labute approximate surface area is 67.5 Å². The summed E-state index contributed by atoms with van der Waals surface area (Å²) < 4.78 is 5.35. The first-order valence-corrected chi connectivity index (χ1v) is 3.69. The number of hydrogen-bond donors (Lipinski definition) is 1. The van der Waals surface area contributed by atoms with Crippen LogP contribution in [0, 0.1) is 17.8 Å². The predicted molar refractivity (Wildman–Crippen MR) is 42.2 cm³/mol. The number of rotatable bonds is 1. The fraction of sp³-hybridized carbons (Fsp3) is 1.00. The van der Waals surface area contributed by atoms with E-state index in [0.29, 0.717) is 5.92 Å². The van der Waals surface area contributed by atoms with E-state index in [1.807, 2.05) is 0 Å². The lowest BCUT2D eigenvalue weighted by atomic mass is 10.0. The van der Waals surface area contributed by atoms with Crippen LogP contribution >= 0.6 is 12.4 Å². The normalized spacial score (nSPS) is 43.5. The Hall–Kier alpha value is 0.210. The van der Waals surface area contributed by atoms with Gasteiger partial charge in [0, 0.05) is 6.61 Å². The molecule has 2 rings (SSSR count). The monoisotopic (exact) mass is 163 g/mol. The van der Waals surface area contributed by atoms with Gasteiger partial charge in [-0.05, 0) is 30.7 Å². The fourth-order valence-electron chi connectivity index (χ4n) is 1.78. The van der Waals surface area contributed by atoms with Crippen LogP contribution in [-0.2, 0) is 4.74 Å². The third-order valence-corrected chi connectivity index (χ3v) is 2.55. The highest BCUT2D eigenvalue weighted by molar-refractivity contribution is 5.85. The van der Waals surface area contributed by atoms with Crippen LogP contribution in [0.15, 0.2) is 0 Å². The Morgan fingerprint density at radius 2 is 2.20 bits per heavy atom. The summed E-state index contributed by atoms with van der Waals surface area (Å²) in [6, 6.07) is 0. The number of hydrogen-bond acceptors (Lipinski definition) is 2. The van der Waals surface area contributed by atoms with E-state index in [9.17, 15) is 0 Å². The van der Waals surface area contributed by atoms with Gasteiger partial charge in [0.1, 0.15) is 0 Å². The molecule has 2 N–H and O–H groups in total. The lowest BCUT2D eigenvalue weighted by molar-refractivity contribution is 0.0502. The second kappa shape index (κ2) is 3.07. The fourth-order valence-corrected chi connectivity index (χ4v) is 1.78. The predicted octanol–water partition coefficient (Wildman–Crippen LogP) is 0.649. The van der Waals surface area contributed by atoms with Gasteiger partial charge in [-0.15, -0.1) is 12.4 Å². The van der Waals surface area contributed by atoms with Crippen LogP contribution in [0.1, 0.15) is 6.42 Å². The smallest absolute Gasteiger partial charge is 0.0509 e. The summed E-state index contributed by atoms with van der Waals surface area (Å²) in [6.07, 6.45) is 1.38. The minimum Gasteiger partial charge on any atom is -0.381 e. The van der Waals surface area contributed by atoms with Crippen LogP contribution < -0.4 is 5.73 Å². The van der Waals surface area contributed by atoms with Crippen molar-refractivity contribution in [3.63, 3.8) is 0 Å². The lowest BCUT2D eigenvalue weighted by Gasteiger charge is -2.19. The van der Waals surface area contributed by atoms with Crippen LogP contribution in [0.25, 0.3) is 0 Å². The molecule has 10 heavy (non-hydrogen) atoms. The van der Waals surface area contributed by atoms with Crippen LogP contribution in [0.4, 0.5) is 0 Å². The van der Waals surface area contributed by atoms with Crippen molar-refractivity contribution in [3.8, 4) is 0 Å². The van der Waals surface area contributed by atoms with Crippen molar-refractivity contribution in [2.75, 3.05) is 19.8 Å². The van der Waals surface area contributed by atoms with Gasteiger partial charge in [0.05, 0.1) is 6.61 Å². The molecule has 3 unspecified atom stereocenters. The molecule has 0 aromatic rings. The topological polar surface area (TPSA) is 35.2 Å². The Kier molecular flexibility index (Phi) is 2.55. The van der Waals surface area contributed by atoms with Crippen molar-refractivity contribution in [1.82, 2.24) is 0 Å². The van der Waals surface area contributed by atoms with Crippen LogP contribution in [0.2, 0.25) is 0 Å². The van der Waals surface area contributed by atoms with Gasteiger partial charge < -0.3 is 10.5 Å². The molecule has 60 valence electrons. The van der Waals surface area contributed by atoms with Crippen molar-refractivity contribution in [3.05, 3.63) is 0 Å². The Balaban J connectivity index is 0.000000500. The molecule has 3 atom stereocenters. The van der Waals surface area contributed by atoms with E-state index in [1.165, 1.54) is 6.42 Å². The highest BCUT2D eigenvalue weighted by Gasteiger charge is 2.45. The molecule has 0 radical (unpaired) electrons. The van der Waals surface area contributed by atoms with E-state index in [0.717, 1.165) is 31.6 Å². The highest BCUT2D eigenvalue weighted by atomic mass is 35.5. The van der Waals surface area contributed by atoms with Crippen molar-refractivity contribution in [1.29, 1.82) is 0 Å². The van der Waals surface area contributed by atoms with Gasteiger partial charge >= 0.3 is 0 Å². The summed E-state index contributed by atoms with van der Waals surface area (Å²) in [5.74, 6) is 2.50. The van der Waals surface area contributed by atoms with E-state index in [1.54, 1.807) is 0 Å². The molecule has 1 saturated carbocycles. The first-order valence-electron chi connectivity index (χ1n) is 3.69. The SMILES string of the molecule is Cl.NCC1COCC2CC12. The van der Waals surface area contributed by atoms with E-state index >= 15 is 0 Å². The molecule has 1 heterocycles. The average molecular weight is 164 g/mol. The van der Waals surface area contributed by atoms with Crippen molar-refractivity contribution in [2.24, 2.45) is 23.5 Å². The number of fused-ring (bicyclic) bond motifs is 1. The molecule has 1 aliphatic carbocycles. The standard InChI is InChI=1S/C7H13NO.ClH/c8-2-6-4-9-3-5-1-7(5)6;/h5-7H,1-4,8H2;1H. The van der Waals surface area contributed by atoms with E-state index in [-0.39, 0.29) is 12.4 Å². The number of nitrogens with two attached hydrogens (primary N) is 1.